The second kappa shape index (κ2) is 13.4. The Morgan fingerprint density at radius 1 is 0.483 bits per heavy atom. The molecule has 0 fully saturated rings. The minimum atomic E-state index is -0.104. The molecular formula is C56H44N2. The first-order chi connectivity index (χ1) is 28.5. The number of fused-ring (bicyclic) bond motifs is 7. The molecule has 2 nitrogen and oxygen atoms in total. The molecule has 11 rings (SSSR count). The van der Waals surface area contributed by atoms with Crippen LogP contribution in [0, 0.1) is 0 Å². The van der Waals surface area contributed by atoms with Crippen molar-refractivity contribution in [2.75, 3.05) is 4.90 Å². The van der Waals surface area contributed by atoms with Gasteiger partial charge in [-0.25, -0.2) is 0 Å². The highest BCUT2D eigenvalue weighted by Gasteiger charge is 2.36. The van der Waals surface area contributed by atoms with Gasteiger partial charge in [-0.1, -0.05) is 160 Å². The van der Waals surface area contributed by atoms with Gasteiger partial charge in [0, 0.05) is 44.5 Å². The average molecular weight is 745 g/mol. The Hall–Kier alpha value is -6.90. The van der Waals surface area contributed by atoms with Crippen molar-refractivity contribution in [3.63, 3.8) is 0 Å². The van der Waals surface area contributed by atoms with Crippen LogP contribution in [-0.4, -0.2) is 4.57 Å². The van der Waals surface area contributed by atoms with E-state index in [1.165, 1.54) is 94.5 Å². The number of allylic oxidation sites excluding steroid dienone is 1. The molecule has 1 aromatic heterocycles. The lowest BCUT2D eigenvalue weighted by Crippen LogP contribution is -2.21. The second-order valence-corrected chi connectivity index (χ2v) is 16.6. The van der Waals surface area contributed by atoms with E-state index in [9.17, 15) is 0 Å². The van der Waals surface area contributed by atoms with Crippen LogP contribution in [0.1, 0.15) is 55.4 Å². The molecule has 2 aliphatic rings. The Morgan fingerprint density at radius 2 is 1.10 bits per heavy atom. The quantitative estimate of drug-likeness (QED) is 0.165. The number of rotatable bonds is 6. The highest BCUT2D eigenvalue weighted by molar-refractivity contribution is 6.10. The lowest BCUT2D eigenvalue weighted by Gasteiger charge is -2.35. The van der Waals surface area contributed by atoms with Crippen molar-refractivity contribution in [2.45, 2.75) is 38.5 Å². The monoisotopic (exact) mass is 744 g/mol. The molecule has 9 aromatic rings. The fourth-order valence-corrected chi connectivity index (χ4v) is 9.99. The number of benzene rings is 8. The van der Waals surface area contributed by atoms with Gasteiger partial charge in [0.1, 0.15) is 0 Å². The highest BCUT2D eigenvalue weighted by atomic mass is 15.2. The fourth-order valence-electron chi connectivity index (χ4n) is 9.99. The SMILES string of the molecule is CC1CC=C(N(c2ccc(-c3ccccc3)cc2)c2ccc3c(c2)C(C)(C)c2ccccc2-3)c2cccc(-c3ccc4c(c3)c3ccccc3n4-c3ccccc3)c21. The van der Waals surface area contributed by atoms with Crippen molar-refractivity contribution in [3.8, 4) is 39.1 Å². The molecule has 0 saturated carbocycles. The topological polar surface area (TPSA) is 8.17 Å². The minimum Gasteiger partial charge on any atom is -0.310 e. The van der Waals surface area contributed by atoms with E-state index < -0.39 is 0 Å². The van der Waals surface area contributed by atoms with Crippen LogP contribution in [0.3, 0.4) is 0 Å². The predicted molar refractivity (Wildman–Crippen MR) is 245 cm³/mol. The van der Waals surface area contributed by atoms with Crippen LogP contribution in [0.15, 0.2) is 194 Å². The Bertz CT molecular complexity index is 3060. The third kappa shape index (κ3) is 5.32. The molecule has 2 aliphatic carbocycles. The summed E-state index contributed by atoms with van der Waals surface area (Å²) in [5, 5.41) is 2.55. The van der Waals surface area contributed by atoms with Crippen LogP contribution < -0.4 is 4.90 Å². The van der Waals surface area contributed by atoms with Gasteiger partial charge in [0.25, 0.3) is 0 Å². The molecule has 1 unspecified atom stereocenters. The molecule has 0 spiro atoms. The van der Waals surface area contributed by atoms with Crippen LogP contribution >= 0.6 is 0 Å². The van der Waals surface area contributed by atoms with Crippen LogP contribution in [0.25, 0.3) is 66.6 Å². The van der Waals surface area contributed by atoms with E-state index in [-0.39, 0.29) is 5.41 Å². The second-order valence-electron chi connectivity index (χ2n) is 16.6. The van der Waals surface area contributed by atoms with Gasteiger partial charge in [0.2, 0.25) is 0 Å². The Balaban J connectivity index is 1.07. The number of hydrogen-bond donors (Lipinski definition) is 0. The minimum absolute atomic E-state index is 0.104. The van der Waals surface area contributed by atoms with E-state index in [0.29, 0.717) is 5.92 Å². The first kappa shape index (κ1) is 34.4. The van der Waals surface area contributed by atoms with E-state index >= 15 is 0 Å². The van der Waals surface area contributed by atoms with Crippen LogP contribution in [0.5, 0.6) is 0 Å². The summed E-state index contributed by atoms with van der Waals surface area (Å²) in [5.74, 6) is 0.354. The molecule has 2 heteroatoms. The van der Waals surface area contributed by atoms with E-state index in [2.05, 4.69) is 224 Å². The van der Waals surface area contributed by atoms with Gasteiger partial charge >= 0.3 is 0 Å². The van der Waals surface area contributed by atoms with Gasteiger partial charge in [0.15, 0.2) is 0 Å². The smallest absolute Gasteiger partial charge is 0.0541 e. The number of hydrogen-bond acceptors (Lipinski definition) is 1. The first-order valence-electron chi connectivity index (χ1n) is 20.6. The van der Waals surface area contributed by atoms with Crippen molar-refractivity contribution in [3.05, 3.63) is 216 Å². The van der Waals surface area contributed by atoms with E-state index in [1.54, 1.807) is 0 Å². The van der Waals surface area contributed by atoms with Crippen molar-refractivity contribution in [1.82, 2.24) is 4.57 Å². The van der Waals surface area contributed by atoms with Crippen LogP contribution in [0.2, 0.25) is 0 Å². The summed E-state index contributed by atoms with van der Waals surface area (Å²) in [7, 11) is 0. The van der Waals surface area contributed by atoms with E-state index in [4.69, 9.17) is 0 Å². The Morgan fingerprint density at radius 3 is 1.93 bits per heavy atom. The molecule has 0 bridgehead atoms. The molecule has 0 saturated heterocycles. The summed E-state index contributed by atoms with van der Waals surface area (Å²) in [6.45, 7) is 7.14. The van der Waals surface area contributed by atoms with Crippen LogP contribution in [0.4, 0.5) is 11.4 Å². The standard InChI is InChI=1S/C56H44N2/c1-37-25-33-53(48-22-14-21-44(55(37)48)40-28-34-54-49(35-40)47-20-11-13-24-52(47)58(54)41-17-8-5-9-18-41)57(42-29-26-39(27-30-42)38-15-6-4-7-16-38)43-31-32-46-45-19-10-12-23-50(45)56(2,3)51(46)36-43/h4-24,26-37H,25H2,1-3H3. The third-order valence-electron chi connectivity index (χ3n) is 12.8. The first-order valence-corrected chi connectivity index (χ1v) is 20.6. The number of nitrogens with zero attached hydrogens (tertiary/aromatic N) is 2. The van der Waals surface area contributed by atoms with Crippen molar-refractivity contribution in [1.29, 1.82) is 0 Å². The summed E-state index contributed by atoms with van der Waals surface area (Å²) in [4.78, 5) is 2.51. The molecule has 58 heavy (non-hydrogen) atoms. The highest BCUT2D eigenvalue weighted by Crippen LogP contribution is 2.52. The molecule has 0 radical (unpaired) electrons. The number of anilines is 2. The molecule has 0 N–H and O–H groups in total. The van der Waals surface area contributed by atoms with Gasteiger partial charge in [-0.05, 0) is 117 Å². The van der Waals surface area contributed by atoms with Gasteiger partial charge < -0.3 is 9.47 Å². The summed E-state index contributed by atoms with van der Waals surface area (Å²) in [5.41, 5.74) is 20.2. The molecule has 0 aliphatic heterocycles. The molecule has 1 atom stereocenters. The molecule has 1 heterocycles. The molecule has 0 amide bonds. The Labute approximate surface area is 341 Å². The lowest BCUT2D eigenvalue weighted by atomic mass is 9.80. The maximum atomic E-state index is 2.51. The maximum Gasteiger partial charge on any atom is 0.0541 e. The zero-order valence-electron chi connectivity index (χ0n) is 33.2. The maximum absolute atomic E-state index is 2.51. The zero-order valence-corrected chi connectivity index (χ0v) is 33.2. The van der Waals surface area contributed by atoms with Crippen LogP contribution in [-0.2, 0) is 5.41 Å². The molecule has 8 aromatic carbocycles. The fraction of sp³-hybridized carbons (Fsp3) is 0.107. The normalized spacial score (nSPS) is 15.2. The largest absolute Gasteiger partial charge is 0.310 e. The summed E-state index contributed by atoms with van der Waals surface area (Å²) in [6, 6.07) is 69.5. The molecule has 278 valence electrons. The summed E-state index contributed by atoms with van der Waals surface area (Å²) < 4.78 is 2.40. The van der Waals surface area contributed by atoms with E-state index in [0.717, 1.165) is 12.1 Å². The van der Waals surface area contributed by atoms with Gasteiger partial charge in [-0.2, -0.15) is 0 Å². The van der Waals surface area contributed by atoms with Crippen molar-refractivity contribution < 1.29 is 0 Å². The van der Waals surface area contributed by atoms with E-state index in [1.807, 2.05) is 0 Å². The number of aromatic nitrogens is 1. The van der Waals surface area contributed by atoms with Crippen molar-refractivity contribution in [2.24, 2.45) is 0 Å². The summed E-state index contributed by atoms with van der Waals surface area (Å²) in [6.07, 6.45) is 3.43. The Kier molecular flexibility index (Phi) is 7.91. The lowest BCUT2D eigenvalue weighted by molar-refractivity contribution is 0.660. The van der Waals surface area contributed by atoms with Crippen molar-refractivity contribution >= 4 is 38.9 Å². The van der Waals surface area contributed by atoms with Gasteiger partial charge in [-0.3, -0.25) is 0 Å². The third-order valence-corrected chi connectivity index (χ3v) is 12.8. The predicted octanol–water partition coefficient (Wildman–Crippen LogP) is 15.1. The summed E-state index contributed by atoms with van der Waals surface area (Å²) >= 11 is 0. The van der Waals surface area contributed by atoms with Gasteiger partial charge in [0.05, 0.1) is 11.0 Å². The number of para-hydroxylation sites is 2. The zero-order chi connectivity index (χ0) is 39.0. The van der Waals surface area contributed by atoms with Gasteiger partial charge in [-0.15, -0.1) is 0 Å². The average Bonchev–Trinajstić information content (AvgIpc) is 3.73. The molecular weight excluding hydrogens is 701 g/mol.